The molecular weight excluding hydrogens is 1000 g/mol. The van der Waals surface area contributed by atoms with E-state index >= 15 is 0 Å². The first kappa shape index (κ1) is 54.5. The molecule has 0 aliphatic rings. The summed E-state index contributed by atoms with van der Waals surface area (Å²) < 4.78 is 27.7. The maximum atomic E-state index is 14.1. The molecule has 0 saturated carbocycles. The lowest BCUT2D eigenvalue weighted by Gasteiger charge is -2.28. The summed E-state index contributed by atoms with van der Waals surface area (Å²) >= 11 is 14.8. The molecule has 0 saturated heterocycles. The molecule has 0 aliphatic carbocycles. The maximum absolute atomic E-state index is 14.1. The Bertz CT molecular complexity index is 2610. The minimum Gasteiger partial charge on any atom is -0.481 e. The van der Waals surface area contributed by atoms with E-state index in [1.807, 2.05) is 24.3 Å². The average molecular weight is 1050 g/mol. The van der Waals surface area contributed by atoms with Crippen LogP contribution in [0, 0.1) is 22.5 Å². The number of benzene rings is 4. The van der Waals surface area contributed by atoms with Crippen LogP contribution in [0.1, 0.15) is 58.8 Å². The Morgan fingerprint density at radius 1 is 0.691 bits per heavy atom. The minimum atomic E-state index is -1.81. The van der Waals surface area contributed by atoms with E-state index in [0.717, 1.165) is 21.7 Å². The number of carboxylic acid groups (broad SMARTS) is 2. The predicted molar refractivity (Wildman–Crippen MR) is 250 cm³/mol. The fraction of sp³-hybridized carbons (Fsp3) is 0.273. The molecule has 0 bridgehead atoms. The lowest BCUT2D eigenvalue weighted by molar-refractivity contribution is -0.152. The Labute approximate surface area is 406 Å². The minimum absolute atomic E-state index is 0.0207. The lowest BCUT2D eigenvalue weighted by atomic mass is 9.80. The van der Waals surface area contributed by atoms with Crippen molar-refractivity contribution < 1.29 is 58.4 Å². The summed E-state index contributed by atoms with van der Waals surface area (Å²) in [6.45, 7) is 1.74. The molecule has 360 valence electrons. The van der Waals surface area contributed by atoms with Gasteiger partial charge in [-0.15, -0.1) is 0 Å². The van der Waals surface area contributed by atoms with Crippen molar-refractivity contribution in [3.63, 3.8) is 0 Å². The van der Waals surface area contributed by atoms with Crippen LogP contribution in [0.2, 0.25) is 10.0 Å². The Morgan fingerprint density at radius 3 is 1.50 bits per heavy atom. The average Bonchev–Trinajstić information content (AvgIpc) is 4.06. The molecule has 0 unspecified atom stereocenters. The van der Waals surface area contributed by atoms with Crippen LogP contribution in [-0.2, 0) is 22.4 Å². The molecule has 6 aromatic rings. The summed E-state index contributed by atoms with van der Waals surface area (Å²) in [5, 5.41) is 80.8. The highest BCUT2D eigenvalue weighted by atomic mass is 79.9. The van der Waals surface area contributed by atoms with Gasteiger partial charge in [0.25, 0.3) is 11.8 Å². The molecule has 0 aliphatic heterocycles. The van der Waals surface area contributed by atoms with Crippen LogP contribution in [0.5, 0.6) is 0 Å². The van der Waals surface area contributed by atoms with E-state index in [1.165, 1.54) is 56.6 Å². The van der Waals surface area contributed by atoms with Crippen LogP contribution >= 0.6 is 39.1 Å². The molecule has 18 nitrogen and oxygen atoms in total. The number of amides is 2. The Hall–Kier alpha value is -6.14. The molecule has 2 amide bonds. The second kappa shape index (κ2) is 25.3. The zero-order chi connectivity index (χ0) is 50.2. The van der Waals surface area contributed by atoms with Crippen LogP contribution in [0.25, 0.3) is 11.1 Å². The van der Waals surface area contributed by atoms with E-state index in [-0.39, 0.29) is 41.1 Å². The SMILES string of the molecule is C[C@@](CO)(C[C@@H](Cc1ccc(-c2cc(Cl)ccc2F)cc1)NC(=O)c1cn[nH]n1)C(=O)O.C[C@@](CO)(C[C@@H](Cc1ccc(Br)cc1)NC(=O)c1cn[nH]n1)C(=O)O.OB(O)c1cc(Cl)ccc1F. The van der Waals surface area contributed by atoms with E-state index < -0.39 is 78.6 Å². The third kappa shape index (κ3) is 16.0. The van der Waals surface area contributed by atoms with Gasteiger partial charge in [-0.3, -0.25) is 19.2 Å². The van der Waals surface area contributed by atoms with Gasteiger partial charge < -0.3 is 41.1 Å². The summed E-state index contributed by atoms with van der Waals surface area (Å²) in [4.78, 5) is 47.9. The number of carbonyl (C=O) groups excluding carboxylic acids is 2. The number of carbonyl (C=O) groups is 4. The van der Waals surface area contributed by atoms with Crippen molar-refractivity contribution in [1.82, 2.24) is 41.5 Å². The van der Waals surface area contributed by atoms with E-state index in [0.29, 0.717) is 22.6 Å². The highest BCUT2D eigenvalue weighted by Crippen LogP contribution is 2.29. The first-order valence-corrected chi connectivity index (χ1v) is 21.8. The largest absolute Gasteiger partial charge is 0.491 e. The molecule has 24 heteroatoms. The van der Waals surface area contributed by atoms with Gasteiger partial charge in [0, 0.05) is 37.6 Å². The van der Waals surface area contributed by atoms with Crippen LogP contribution in [0.15, 0.2) is 102 Å². The summed E-state index contributed by atoms with van der Waals surface area (Å²) in [6.07, 6.45) is 3.29. The van der Waals surface area contributed by atoms with Crippen LogP contribution in [0.3, 0.4) is 0 Å². The Morgan fingerprint density at radius 2 is 1.12 bits per heavy atom. The van der Waals surface area contributed by atoms with Crippen molar-refractivity contribution in [3.05, 3.63) is 146 Å². The maximum Gasteiger partial charge on any atom is 0.491 e. The van der Waals surface area contributed by atoms with Gasteiger partial charge >= 0.3 is 19.1 Å². The quantitative estimate of drug-likeness (QED) is 0.0526. The molecule has 10 N–H and O–H groups in total. The van der Waals surface area contributed by atoms with Gasteiger partial charge in [0.15, 0.2) is 11.4 Å². The van der Waals surface area contributed by atoms with Gasteiger partial charge in [0.2, 0.25) is 0 Å². The summed E-state index contributed by atoms with van der Waals surface area (Å²) in [5.41, 5.74) is -0.155. The fourth-order valence-electron chi connectivity index (χ4n) is 6.46. The number of H-pyrrole nitrogens is 2. The number of nitrogens with one attached hydrogen (secondary N) is 4. The van der Waals surface area contributed by atoms with E-state index in [9.17, 15) is 48.4 Å². The summed E-state index contributed by atoms with van der Waals surface area (Å²) in [5.74, 6) is -4.35. The van der Waals surface area contributed by atoms with Crippen molar-refractivity contribution >= 4 is 75.5 Å². The second-order valence-electron chi connectivity index (χ2n) is 15.9. The lowest BCUT2D eigenvalue weighted by Crippen LogP contribution is -2.44. The summed E-state index contributed by atoms with van der Waals surface area (Å²) in [6, 6.07) is 21.2. The van der Waals surface area contributed by atoms with Crippen molar-refractivity contribution in [1.29, 1.82) is 0 Å². The molecule has 0 spiro atoms. The molecule has 2 heterocycles. The molecule has 0 radical (unpaired) electrons. The van der Waals surface area contributed by atoms with E-state index in [2.05, 4.69) is 57.4 Å². The monoisotopic (exact) mass is 1040 g/mol. The second-order valence-corrected chi connectivity index (χ2v) is 17.7. The normalized spacial score (nSPS) is 13.5. The highest BCUT2D eigenvalue weighted by molar-refractivity contribution is 9.10. The topological polar surface area (TPSA) is 297 Å². The van der Waals surface area contributed by atoms with Crippen molar-refractivity contribution in [2.45, 2.75) is 51.6 Å². The third-order valence-electron chi connectivity index (χ3n) is 10.4. The number of rotatable bonds is 18. The molecule has 6 rings (SSSR count). The van der Waals surface area contributed by atoms with Crippen molar-refractivity contribution in [2.75, 3.05) is 13.2 Å². The number of halogens is 5. The Kier molecular flexibility index (Phi) is 20.3. The zero-order valence-corrected chi connectivity index (χ0v) is 39.3. The van der Waals surface area contributed by atoms with Gasteiger partial charge in [-0.2, -0.15) is 30.8 Å². The van der Waals surface area contributed by atoms with Crippen LogP contribution in [0.4, 0.5) is 8.78 Å². The number of hydrogen-bond acceptors (Lipinski definition) is 12. The van der Waals surface area contributed by atoms with Gasteiger partial charge in [0.1, 0.15) is 11.6 Å². The van der Waals surface area contributed by atoms with Crippen molar-refractivity contribution in [2.24, 2.45) is 10.8 Å². The number of aliphatic hydroxyl groups is 2. The summed E-state index contributed by atoms with van der Waals surface area (Å²) in [7, 11) is -1.81. The van der Waals surface area contributed by atoms with Gasteiger partial charge in [0.05, 0.1) is 36.4 Å². The molecule has 68 heavy (non-hydrogen) atoms. The molecular formula is C44H46BBrCl2F2N8O10. The smallest absolute Gasteiger partial charge is 0.481 e. The first-order valence-electron chi connectivity index (χ1n) is 20.3. The van der Waals surface area contributed by atoms with Gasteiger partial charge in [-0.05, 0) is 105 Å². The molecule has 4 atom stereocenters. The number of aromatic nitrogens is 6. The first-order chi connectivity index (χ1) is 32.2. The van der Waals surface area contributed by atoms with E-state index in [1.54, 1.807) is 24.3 Å². The fourth-order valence-corrected chi connectivity index (χ4v) is 7.07. The number of nitrogens with zero attached hydrogens (tertiary/aromatic N) is 4. The molecule has 0 fully saturated rings. The van der Waals surface area contributed by atoms with Crippen LogP contribution < -0.4 is 16.1 Å². The van der Waals surface area contributed by atoms with E-state index in [4.69, 9.17) is 33.2 Å². The van der Waals surface area contributed by atoms with Gasteiger partial charge in [-0.25, -0.2) is 8.78 Å². The third-order valence-corrected chi connectivity index (χ3v) is 11.4. The van der Waals surface area contributed by atoms with Crippen molar-refractivity contribution in [3.8, 4) is 11.1 Å². The van der Waals surface area contributed by atoms with Crippen LogP contribution in [-0.4, -0.2) is 117 Å². The Balaban J connectivity index is 0.000000247. The molecule has 2 aromatic heterocycles. The van der Waals surface area contributed by atoms with Gasteiger partial charge in [-0.1, -0.05) is 75.5 Å². The number of aliphatic carboxylic acids is 2. The highest BCUT2D eigenvalue weighted by Gasteiger charge is 2.37. The zero-order valence-electron chi connectivity index (χ0n) is 36.2. The number of aromatic amines is 2. The predicted octanol–water partition coefficient (Wildman–Crippen LogP) is 4.62. The number of carboxylic acids is 2. The molecule has 4 aromatic carbocycles. The number of aliphatic hydroxyl groups excluding tert-OH is 2. The number of hydrogen-bond donors (Lipinski definition) is 10. The standard InChI is InChI=1S/C22H22ClFN4O4.C16H19BrN4O4.C6H5BClFO2/c1-22(12-29,21(31)32)10-16(26-20(30)19-11-25-28-27-19)8-13-2-4-14(5-3-13)17-9-15(23)6-7-18(17)24;1-16(9-22,15(24)25)7-12(6-10-2-4-11(17)5-3-10)19-14(23)13-8-18-21-20-13;8-4-1-2-6(9)5(3-4)7(10)11/h2-7,9,11,16,29H,8,10,12H2,1H3,(H,26,30)(H,31,32)(H,25,27,28);2-5,8,12,22H,6-7,9H2,1H3,(H,19,23)(H,24,25)(H,18,20,21);1-3,10-11H/t16-,22+;12-,16+;/m11./s1.